The number of H-pyrrole nitrogens is 1. The van der Waals surface area contributed by atoms with Crippen LogP contribution in [0.5, 0.6) is 0 Å². The molecule has 4 aromatic rings. The highest BCUT2D eigenvalue weighted by Gasteiger charge is 2.44. The molecule has 1 aromatic carbocycles. The smallest absolute Gasteiger partial charge is 0.238 e. The lowest BCUT2D eigenvalue weighted by Gasteiger charge is -2.16. The highest BCUT2D eigenvalue weighted by atomic mass is 79.9. The Morgan fingerprint density at radius 2 is 1.97 bits per heavy atom. The quantitative estimate of drug-likeness (QED) is 0.351. The largest absolute Gasteiger partial charge is 0.390 e. The van der Waals surface area contributed by atoms with Crippen LogP contribution >= 0.6 is 15.9 Å². The van der Waals surface area contributed by atoms with Crippen molar-refractivity contribution in [2.24, 2.45) is 5.92 Å². The van der Waals surface area contributed by atoms with E-state index < -0.39 is 12.2 Å². The van der Waals surface area contributed by atoms with E-state index in [0.29, 0.717) is 18.1 Å². The molecule has 9 heteroatoms. The number of nitrogen functional groups attached to an aromatic ring is 2. The zero-order valence-corrected chi connectivity index (χ0v) is 18.3. The molecular weight excluding hydrogens is 460 g/mol. The van der Waals surface area contributed by atoms with Crippen molar-refractivity contribution in [1.82, 2.24) is 14.5 Å². The summed E-state index contributed by atoms with van der Waals surface area (Å²) in [4.78, 5) is 11.6. The second kappa shape index (κ2) is 7.74. The van der Waals surface area contributed by atoms with Crippen LogP contribution in [0.4, 0.5) is 11.6 Å². The van der Waals surface area contributed by atoms with E-state index in [1.807, 2.05) is 35.0 Å². The minimum Gasteiger partial charge on any atom is -0.390 e. The highest BCUT2D eigenvalue weighted by Crippen LogP contribution is 2.39. The van der Waals surface area contributed by atoms with E-state index >= 15 is 0 Å². The van der Waals surface area contributed by atoms with E-state index in [-0.39, 0.29) is 12.0 Å². The number of rotatable bonds is 4. The van der Waals surface area contributed by atoms with E-state index in [0.717, 1.165) is 44.8 Å². The van der Waals surface area contributed by atoms with Crippen molar-refractivity contribution in [2.75, 3.05) is 11.5 Å². The van der Waals surface area contributed by atoms with Crippen molar-refractivity contribution in [2.45, 2.75) is 37.5 Å². The Bertz CT molecular complexity index is 1280. The minimum absolute atomic E-state index is 0.0183. The van der Waals surface area contributed by atoms with Crippen LogP contribution in [0.15, 0.2) is 47.3 Å². The fourth-order valence-electron chi connectivity index (χ4n) is 4.69. The second-order valence-corrected chi connectivity index (χ2v) is 9.09. The summed E-state index contributed by atoms with van der Waals surface area (Å²) in [6, 6.07) is 9.76. The average Bonchev–Trinajstić information content (AvgIpc) is 3.30. The third-order valence-electron chi connectivity index (χ3n) is 6.39. The lowest BCUT2D eigenvalue weighted by atomic mass is 9.95. The predicted octanol–water partition coefficient (Wildman–Crippen LogP) is 2.24. The Hall–Kier alpha value is -2.75. The number of pyridine rings is 1. The van der Waals surface area contributed by atoms with Crippen molar-refractivity contribution in [3.05, 3.63) is 52.9 Å². The van der Waals surface area contributed by atoms with Crippen LogP contribution in [0, 0.1) is 5.92 Å². The van der Waals surface area contributed by atoms with E-state index in [9.17, 15) is 10.2 Å². The normalized spacial score (nSPS) is 23.7. The minimum atomic E-state index is -0.848. The van der Waals surface area contributed by atoms with Crippen LogP contribution < -0.4 is 16.5 Å². The van der Waals surface area contributed by atoms with E-state index in [1.165, 1.54) is 0 Å². The van der Waals surface area contributed by atoms with Crippen molar-refractivity contribution < 1.29 is 15.2 Å². The maximum absolute atomic E-state index is 10.8. The summed E-state index contributed by atoms with van der Waals surface area (Å²) in [5.74, 6) is 0.887. The van der Waals surface area contributed by atoms with Gasteiger partial charge in [0.1, 0.15) is 23.3 Å². The first-order valence-electron chi connectivity index (χ1n) is 10.3. The summed E-state index contributed by atoms with van der Waals surface area (Å²) in [6.45, 7) is 0. The molecule has 1 fully saturated rings. The molecule has 3 heterocycles. The molecule has 0 bridgehead atoms. The van der Waals surface area contributed by atoms with Gasteiger partial charge in [-0.05, 0) is 64.9 Å². The van der Waals surface area contributed by atoms with E-state index in [1.54, 1.807) is 6.33 Å². The van der Waals surface area contributed by atoms with Crippen molar-refractivity contribution in [3.63, 3.8) is 0 Å². The maximum atomic E-state index is 10.8. The van der Waals surface area contributed by atoms with Crippen molar-refractivity contribution >= 4 is 49.5 Å². The molecule has 3 aromatic heterocycles. The van der Waals surface area contributed by atoms with Gasteiger partial charge in [0.15, 0.2) is 0 Å². The Morgan fingerprint density at radius 3 is 2.81 bits per heavy atom. The average molecular weight is 484 g/mol. The fraction of sp³-hybridized carbons (Fsp3) is 0.318. The monoisotopic (exact) mass is 483 g/mol. The van der Waals surface area contributed by atoms with Gasteiger partial charge in [-0.25, -0.2) is 9.97 Å². The SMILES string of the molecule is Nc1nc2cc(CCC3CC(n4ccc5c(N)nc[nH+]c54)C(O)C3O)ccc2cc1Br. The van der Waals surface area contributed by atoms with E-state index in [2.05, 4.69) is 36.9 Å². The molecule has 4 unspecified atom stereocenters. The van der Waals surface area contributed by atoms with Gasteiger partial charge in [-0.1, -0.05) is 17.1 Å². The number of anilines is 2. The lowest BCUT2D eigenvalue weighted by Crippen LogP contribution is -2.30. The zero-order chi connectivity index (χ0) is 21.7. The van der Waals surface area contributed by atoms with Crippen LogP contribution in [0.1, 0.15) is 24.4 Å². The molecule has 1 aliphatic carbocycles. The molecule has 0 saturated heterocycles. The number of hydrogen-bond acceptors (Lipinski definition) is 6. The van der Waals surface area contributed by atoms with Gasteiger partial charge in [0, 0.05) is 5.39 Å². The number of aliphatic hydroxyl groups is 2. The number of aromatic nitrogens is 4. The maximum Gasteiger partial charge on any atom is 0.238 e. The number of aryl methyl sites for hydroxylation is 1. The van der Waals surface area contributed by atoms with Crippen LogP contribution in [-0.4, -0.2) is 37.0 Å². The molecule has 7 N–H and O–H groups in total. The fourth-order valence-corrected chi connectivity index (χ4v) is 5.02. The number of aliphatic hydroxyl groups excluding tert-OH is 2. The molecule has 1 aliphatic rings. The first-order chi connectivity index (χ1) is 14.9. The lowest BCUT2D eigenvalue weighted by molar-refractivity contribution is -0.354. The number of nitrogens with one attached hydrogen (secondary N) is 1. The van der Waals surface area contributed by atoms with E-state index in [4.69, 9.17) is 11.5 Å². The molecule has 1 saturated carbocycles. The van der Waals surface area contributed by atoms with Crippen LogP contribution in [0.3, 0.4) is 0 Å². The number of nitrogens with zero attached hydrogens (tertiary/aromatic N) is 3. The number of fused-ring (bicyclic) bond motifs is 2. The Labute approximate surface area is 187 Å². The summed E-state index contributed by atoms with van der Waals surface area (Å²) in [6.07, 6.45) is 4.02. The Morgan fingerprint density at radius 1 is 1.13 bits per heavy atom. The molecule has 0 amide bonds. The van der Waals surface area contributed by atoms with Gasteiger partial charge in [-0.3, -0.25) is 4.57 Å². The van der Waals surface area contributed by atoms with Gasteiger partial charge in [-0.15, -0.1) is 0 Å². The highest BCUT2D eigenvalue weighted by molar-refractivity contribution is 9.10. The first-order valence-corrected chi connectivity index (χ1v) is 11.0. The summed E-state index contributed by atoms with van der Waals surface area (Å²) >= 11 is 3.41. The molecule has 0 aliphatic heterocycles. The third kappa shape index (κ3) is 3.52. The number of aromatic amines is 1. The topological polar surface area (TPSA) is 137 Å². The summed E-state index contributed by atoms with van der Waals surface area (Å²) in [5, 5.41) is 23.3. The summed E-state index contributed by atoms with van der Waals surface area (Å²) in [7, 11) is 0. The van der Waals surface area contributed by atoms with Gasteiger partial charge >= 0.3 is 0 Å². The Balaban J connectivity index is 1.34. The van der Waals surface area contributed by atoms with Gasteiger partial charge in [0.2, 0.25) is 17.8 Å². The molecule has 0 spiro atoms. The van der Waals surface area contributed by atoms with Crippen LogP contribution in [0.25, 0.3) is 21.9 Å². The third-order valence-corrected chi connectivity index (χ3v) is 7.03. The molecule has 5 rings (SSSR count). The van der Waals surface area contributed by atoms with Crippen molar-refractivity contribution in [3.8, 4) is 0 Å². The second-order valence-electron chi connectivity index (χ2n) is 8.24. The van der Waals surface area contributed by atoms with Gasteiger partial charge in [0.05, 0.1) is 22.3 Å². The standard InChI is InChI=1S/C22H23BrN6O2/c23-15-8-12-3-1-11(7-16(12)28-21(15)25)2-4-13-9-17(19(31)18(13)30)29-6-5-14-20(24)26-10-27-22(14)29/h1,3,5-8,10,13,17-19,30-31H,2,4,9H2,(H2,25,28)(H2,24,26,27)/p+1. The van der Waals surface area contributed by atoms with Gasteiger partial charge in [0.25, 0.3) is 0 Å². The summed E-state index contributed by atoms with van der Waals surface area (Å²) < 4.78 is 2.75. The zero-order valence-electron chi connectivity index (χ0n) is 16.7. The molecule has 31 heavy (non-hydrogen) atoms. The summed E-state index contributed by atoms with van der Waals surface area (Å²) in [5.41, 5.74) is 14.7. The Kier molecular flexibility index (Phi) is 5.04. The van der Waals surface area contributed by atoms with Gasteiger partial charge in [-0.2, -0.15) is 0 Å². The number of halogens is 1. The molecular formula is C22H24BrN6O2+. The predicted molar refractivity (Wildman–Crippen MR) is 122 cm³/mol. The molecule has 160 valence electrons. The van der Waals surface area contributed by atoms with Crippen molar-refractivity contribution in [1.29, 1.82) is 0 Å². The number of nitrogens with two attached hydrogens (primary N) is 2. The molecule has 4 atom stereocenters. The van der Waals surface area contributed by atoms with Gasteiger partial charge < -0.3 is 21.7 Å². The number of benzene rings is 1. The number of hydrogen-bond donors (Lipinski definition) is 4. The van der Waals surface area contributed by atoms with Crippen LogP contribution in [0.2, 0.25) is 0 Å². The molecule has 8 nitrogen and oxygen atoms in total. The molecule has 0 radical (unpaired) electrons. The first kappa shape index (κ1) is 20.2. The van der Waals surface area contributed by atoms with Crippen LogP contribution in [-0.2, 0) is 6.42 Å².